The summed E-state index contributed by atoms with van der Waals surface area (Å²) >= 11 is 14.2. The van der Waals surface area contributed by atoms with Crippen LogP contribution in [0.4, 0.5) is 14.5 Å². The van der Waals surface area contributed by atoms with Crippen LogP contribution in [0.2, 0.25) is 10.0 Å². The van der Waals surface area contributed by atoms with Gasteiger partial charge < -0.3 is 0 Å². The molecule has 0 unspecified atom stereocenters. The second-order valence-corrected chi connectivity index (χ2v) is 7.32. The highest BCUT2D eigenvalue weighted by Crippen LogP contribution is 2.29. The summed E-state index contributed by atoms with van der Waals surface area (Å²) in [5.74, 6) is -1.80. The molecule has 0 aliphatic heterocycles. The van der Waals surface area contributed by atoms with Gasteiger partial charge in [0.2, 0.25) is 0 Å². The van der Waals surface area contributed by atoms with Crippen LogP contribution in [0.5, 0.6) is 0 Å². The summed E-state index contributed by atoms with van der Waals surface area (Å²) in [6.07, 6.45) is 0. The lowest BCUT2D eigenvalue weighted by molar-refractivity contribution is 0.569. The Kier molecular flexibility index (Phi) is 4.77. The maximum atomic E-state index is 13.7. The van der Waals surface area contributed by atoms with Gasteiger partial charge in [-0.2, -0.15) is 0 Å². The van der Waals surface area contributed by atoms with Crippen LogP contribution in [0.1, 0.15) is 0 Å². The van der Waals surface area contributed by atoms with Gasteiger partial charge in [0.1, 0.15) is 10.7 Å². The molecule has 3 nitrogen and oxygen atoms in total. The summed E-state index contributed by atoms with van der Waals surface area (Å²) < 4.78 is 53.6. The number of halogens is 5. The van der Waals surface area contributed by atoms with Crippen LogP contribution >= 0.6 is 39.1 Å². The zero-order chi connectivity index (χ0) is 15.8. The Balaban J connectivity index is 2.42. The second-order valence-electron chi connectivity index (χ2n) is 3.93. The lowest BCUT2D eigenvalue weighted by Crippen LogP contribution is -2.14. The molecule has 0 amide bonds. The molecule has 0 aromatic heterocycles. The Bertz CT molecular complexity index is 792. The number of hydrogen-bond acceptors (Lipinski definition) is 2. The van der Waals surface area contributed by atoms with Crippen LogP contribution in [0.25, 0.3) is 0 Å². The highest BCUT2D eigenvalue weighted by atomic mass is 79.9. The highest BCUT2D eigenvalue weighted by Gasteiger charge is 2.20. The van der Waals surface area contributed by atoms with Crippen LogP contribution in [-0.4, -0.2) is 8.42 Å². The van der Waals surface area contributed by atoms with E-state index in [1.807, 2.05) is 0 Å². The van der Waals surface area contributed by atoms with Crippen molar-refractivity contribution >= 4 is 54.8 Å². The fraction of sp³-hybridized carbons (Fsp3) is 0. The van der Waals surface area contributed by atoms with E-state index in [0.29, 0.717) is 4.47 Å². The molecule has 0 atom stereocenters. The van der Waals surface area contributed by atoms with Gasteiger partial charge in [-0.3, -0.25) is 4.72 Å². The number of benzene rings is 2. The quantitative estimate of drug-likeness (QED) is 0.728. The molecular weight excluding hydrogens is 411 g/mol. The largest absolute Gasteiger partial charge is 0.279 e. The average molecular weight is 417 g/mol. The zero-order valence-electron chi connectivity index (χ0n) is 10.0. The maximum absolute atomic E-state index is 13.7. The molecule has 112 valence electrons. The fourth-order valence-corrected chi connectivity index (χ4v) is 3.44. The van der Waals surface area contributed by atoms with E-state index >= 15 is 0 Å². The van der Waals surface area contributed by atoms with E-state index in [2.05, 4.69) is 20.7 Å². The van der Waals surface area contributed by atoms with Gasteiger partial charge in [-0.15, -0.1) is 0 Å². The number of rotatable bonds is 3. The van der Waals surface area contributed by atoms with Crippen molar-refractivity contribution in [3.63, 3.8) is 0 Å². The van der Waals surface area contributed by atoms with Crippen molar-refractivity contribution in [3.05, 3.63) is 56.5 Å². The molecule has 2 aromatic rings. The molecule has 0 saturated carbocycles. The summed E-state index contributed by atoms with van der Waals surface area (Å²) in [7, 11) is -4.19. The molecule has 0 fully saturated rings. The monoisotopic (exact) mass is 415 g/mol. The topological polar surface area (TPSA) is 46.2 Å². The van der Waals surface area contributed by atoms with Crippen molar-refractivity contribution < 1.29 is 17.2 Å². The molecule has 0 heterocycles. The maximum Gasteiger partial charge on any atom is 0.264 e. The van der Waals surface area contributed by atoms with E-state index in [1.54, 1.807) is 0 Å². The third-order valence-corrected chi connectivity index (χ3v) is 4.88. The first-order chi connectivity index (χ1) is 9.70. The van der Waals surface area contributed by atoms with Crippen LogP contribution in [0.15, 0.2) is 39.7 Å². The lowest BCUT2D eigenvalue weighted by atomic mass is 10.3. The predicted molar refractivity (Wildman–Crippen MR) is 81.3 cm³/mol. The molecule has 0 saturated heterocycles. The third kappa shape index (κ3) is 3.66. The van der Waals surface area contributed by atoms with Crippen LogP contribution in [-0.2, 0) is 10.0 Å². The minimum atomic E-state index is -4.19. The molecule has 0 aliphatic carbocycles. The number of sulfonamides is 1. The standard InChI is InChI=1S/C12H6BrCl2F2NO2S/c13-6-1-2-11(10(16)3-6)21(19,20)18-7-4-8(14)12(17)9(15)5-7/h1-5,18H. The minimum Gasteiger partial charge on any atom is -0.279 e. The van der Waals surface area contributed by atoms with Gasteiger partial charge >= 0.3 is 0 Å². The summed E-state index contributed by atoms with van der Waals surface area (Å²) in [6.45, 7) is 0. The van der Waals surface area contributed by atoms with Gasteiger partial charge in [-0.1, -0.05) is 39.1 Å². The Morgan fingerprint density at radius 3 is 2.14 bits per heavy atom. The van der Waals surface area contributed by atoms with Crippen molar-refractivity contribution in [3.8, 4) is 0 Å². The SMILES string of the molecule is O=S(=O)(Nc1cc(Cl)c(F)c(Cl)c1)c1ccc(Br)cc1F. The van der Waals surface area contributed by atoms with Gasteiger partial charge in [0.25, 0.3) is 10.0 Å². The molecule has 2 rings (SSSR count). The molecule has 0 spiro atoms. The number of nitrogens with one attached hydrogen (secondary N) is 1. The van der Waals surface area contributed by atoms with Crippen LogP contribution in [0, 0.1) is 11.6 Å². The molecule has 1 N–H and O–H groups in total. The smallest absolute Gasteiger partial charge is 0.264 e. The zero-order valence-corrected chi connectivity index (χ0v) is 13.9. The molecule has 9 heteroatoms. The fourth-order valence-electron chi connectivity index (χ4n) is 1.52. The molecular formula is C12H6BrCl2F2NO2S. The van der Waals surface area contributed by atoms with E-state index in [9.17, 15) is 17.2 Å². The number of hydrogen-bond donors (Lipinski definition) is 1. The van der Waals surface area contributed by atoms with E-state index in [0.717, 1.165) is 24.3 Å². The van der Waals surface area contributed by atoms with E-state index < -0.39 is 26.6 Å². The van der Waals surface area contributed by atoms with Crippen molar-refractivity contribution in [2.75, 3.05) is 4.72 Å². The van der Waals surface area contributed by atoms with Gasteiger partial charge in [0.15, 0.2) is 5.82 Å². The first kappa shape index (κ1) is 16.5. The minimum absolute atomic E-state index is 0.0753. The Morgan fingerprint density at radius 1 is 1.05 bits per heavy atom. The lowest BCUT2D eigenvalue weighted by Gasteiger charge is -2.10. The van der Waals surface area contributed by atoms with E-state index in [4.69, 9.17) is 23.2 Å². The first-order valence-electron chi connectivity index (χ1n) is 5.33. The Morgan fingerprint density at radius 2 is 1.62 bits per heavy atom. The van der Waals surface area contributed by atoms with E-state index in [1.165, 1.54) is 6.07 Å². The first-order valence-corrected chi connectivity index (χ1v) is 8.36. The van der Waals surface area contributed by atoms with E-state index in [-0.39, 0.29) is 15.7 Å². The molecule has 0 bridgehead atoms. The van der Waals surface area contributed by atoms with Crippen molar-refractivity contribution in [1.29, 1.82) is 0 Å². The average Bonchev–Trinajstić information content (AvgIpc) is 2.34. The van der Waals surface area contributed by atoms with Gasteiger partial charge in [-0.25, -0.2) is 17.2 Å². The summed E-state index contributed by atoms with van der Waals surface area (Å²) in [5, 5.41) is -0.701. The molecule has 0 radical (unpaired) electrons. The van der Waals surface area contributed by atoms with Gasteiger partial charge in [0.05, 0.1) is 15.7 Å². The predicted octanol–water partition coefficient (Wildman–Crippen LogP) is 4.83. The van der Waals surface area contributed by atoms with Gasteiger partial charge in [-0.05, 0) is 30.3 Å². The van der Waals surface area contributed by atoms with Crippen LogP contribution < -0.4 is 4.72 Å². The Hall–Kier alpha value is -0.890. The summed E-state index contributed by atoms with van der Waals surface area (Å²) in [6, 6.07) is 5.56. The normalized spacial score (nSPS) is 11.5. The number of anilines is 1. The second kappa shape index (κ2) is 6.08. The highest BCUT2D eigenvalue weighted by molar-refractivity contribution is 9.10. The van der Waals surface area contributed by atoms with Crippen molar-refractivity contribution in [2.45, 2.75) is 4.90 Å². The molecule has 21 heavy (non-hydrogen) atoms. The summed E-state index contributed by atoms with van der Waals surface area (Å²) in [5.41, 5.74) is -0.0753. The van der Waals surface area contributed by atoms with Crippen molar-refractivity contribution in [2.24, 2.45) is 0 Å². The van der Waals surface area contributed by atoms with Crippen molar-refractivity contribution in [1.82, 2.24) is 0 Å². The molecule has 2 aromatic carbocycles. The molecule has 0 aliphatic rings. The summed E-state index contributed by atoms with van der Waals surface area (Å²) in [4.78, 5) is -0.553. The third-order valence-electron chi connectivity index (χ3n) is 2.42. The van der Waals surface area contributed by atoms with Crippen LogP contribution in [0.3, 0.4) is 0 Å². The van der Waals surface area contributed by atoms with Gasteiger partial charge in [0, 0.05) is 4.47 Å². The Labute approximate surface area is 138 Å².